The van der Waals surface area contributed by atoms with Crippen molar-refractivity contribution in [3.63, 3.8) is 0 Å². The minimum atomic E-state index is -0.476. The number of carbonyl (C=O) groups excluding carboxylic acids is 1. The van der Waals surface area contributed by atoms with Crippen LogP contribution < -0.4 is 5.73 Å². The average Bonchev–Trinajstić information content (AvgIpc) is 3.09. The third kappa shape index (κ3) is 4.05. The van der Waals surface area contributed by atoms with Crippen molar-refractivity contribution >= 4 is 68.6 Å². The molecule has 0 fully saturated rings. The van der Waals surface area contributed by atoms with E-state index in [-0.39, 0.29) is 0 Å². The Bertz CT molecular complexity index is 1260. The van der Waals surface area contributed by atoms with E-state index in [1.54, 1.807) is 0 Å². The van der Waals surface area contributed by atoms with E-state index in [9.17, 15) is 4.79 Å². The normalized spacial score (nSPS) is 11.3. The van der Waals surface area contributed by atoms with E-state index in [1.165, 1.54) is 18.4 Å². The van der Waals surface area contributed by atoms with Gasteiger partial charge in [-0.2, -0.15) is 0 Å². The Kier molecular flexibility index (Phi) is 5.77. The summed E-state index contributed by atoms with van der Waals surface area (Å²) >= 11 is 13.2. The molecule has 7 heteroatoms. The van der Waals surface area contributed by atoms with Gasteiger partial charge in [0.2, 0.25) is 0 Å². The number of rotatable bonds is 4. The minimum absolute atomic E-state index is 0.342. The van der Waals surface area contributed by atoms with Crippen molar-refractivity contribution in [2.75, 3.05) is 12.8 Å². The summed E-state index contributed by atoms with van der Waals surface area (Å²) < 4.78 is 4.87. The van der Waals surface area contributed by atoms with Gasteiger partial charge in [0.1, 0.15) is 9.71 Å². The number of fused-ring (bicyclic) bond motifs is 1. The molecule has 0 bridgehead atoms. The van der Waals surface area contributed by atoms with Crippen LogP contribution in [-0.2, 0) is 4.74 Å². The summed E-state index contributed by atoms with van der Waals surface area (Å²) in [4.78, 5) is 17.9. The van der Waals surface area contributed by atoms with Crippen LogP contribution in [0.1, 0.15) is 20.9 Å². The Balaban J connectivity index is 1.88. The molecule has 2 heterocycles. The maximum atomic E-state index is 12.2. The van der Waals surface area contributed by atoms with Crippen LogP contribution in [0.3, 0.4) is 0 Å². The first-order chi connectivity index (χ1) is 14.5. The third-order valence-electron chi connectivity index (χ3n) is 4.56. The summed E-state index contributed by atoms with van der Waals surface area (Å²) in [6.45, 7) is 0. The molecule has 0 unspecified atom stereocenters. The van der Waals surface area contributed by atoms with E-state index in [4.69, 9.17) is 38.7 Å². The highest BCUT2D eigenvalue weighted by Gasteiger charge is 2.21. The van der Waals surface area contributed by atoms with E-state index in [0.717, 1.165) is 27.8 Å². The molecular weight excluding hydrogens is 439 g/mol. The number of hydrogen-bond donors (Lipinski definition) is 1. The van der Waals surface area contributed by atoms with Gasteiger partial charge in [-0.15, -0.1) is 11.3 Å². The number of esters is 1. The fraction of sp³-hybridized carbons (Fsp3) is 0.0435. The van der Waals surface area contributed by atoms with E-state index < -0.39 is 5.97 Å². The second kappa shape index (κ2) is 8.48. The Morgan fingerprint density at radius 3 is 2.30 bits per heavy atom. The molecule has 4 aromatic rings. The van der Waals surface area contributed by atoms with Crippen LogP contribution >= 0.6 is 34.5 Å². The lowest BCUT2D eigenvalue weighted by molar-refractivity contribution is 0.0607. The highest BCUT2D eigenvalue weighted by atomic mass is 35.5. The van der Waals surface area contributed by atoms with Crippen molar-refractivity contribution in [3.05, 3.63) is 80.8 Å². The number of hydrogen-bond acceptors (Lipinski definition) is 5. The fourth-order valence-corrected chi connectivity index (χ4v) is 4.38. The molecule has 0 saturated heterocycles. The second-order valence-corrected chi connectivity index (χ2v) is 8.37. The van der Waals surface area contributed by atoms with E-state index >= 15 is 0 Å². The van der Waals surface area contributed by atoms with Crippen molar-refractivity contribution in [3.8, 4) is 11.1 Å². The first kappa shape index (κ1) is 20.4. The molecule has 4 rings (SSSR count). The van der Waals surface area contributed by atoms with Gasteiger partial charge in [0.05, 0.1) is 18.5 Å². The molecule has 0 aliphatic rings. The topological polar surface area (TPSA) is 65.2 Å². The van der Waals surface area contributed by atoms with Gasteiger partial charge in [0, 0.05) is 15.4 Å². The first-order valence-electron chi connectivity index (χ1n) is 8.97. The standard InChI is InChI=1S/C23H16Cl2N2O2S/c1-29-23(28)21-20(26)19-18(14-5-9-16(25)10-6-14)12-17(27-22(19)30-21)11-4-13-2-7-15(24)8-3-13/h2-12H,26H2,1H3/b11-4+. The van der Waals surface area contributed by atoms with Crippen LogP contribution in [0, 0.1) is 0 Å². The number of nitrogens with two attached hydrogens (primary N) is 1. The van der Waals surface area contributed by atoms with Gasteiger partial charge >= 0.3 is 5.97 Å². The summed E-state index contributed by atoms with van der Waals surface area (Å²) in [5.41, 5.74) is 10.2. The number of aromatic nitrogens is 1. The zero-order chi connectivity index (χ0) is 21.3. The lowest BCUT2D eigenvalue weighted by atomic mass is 10.0. The molecule has 0 aliphatic heterocycles. The minimum Gasteiger partial charge on any atom is -0.465 e. The number of halogens is 2. The van der Waals surface area contributed by atoms with Crippen molar-refractivity contribution in [2.45, 2.75) is 0 Å². The lowest BCUT2D eigenvalue weighted by Gasteiger charge is -2.07. The summed E-state index contributed by atoms with van der Waals surface area (Å²) in [6, 6.07) is 16.9. The highest BCUT2D eigenvalue weighted by Crippen LogP contribution is 2.40. The number of thiophene rings is 1. The maximum absolute atomic E-state index is 12.2. The van der Waals surface area contributed by atoms with E-state index in [2.05, 4.69) is 0 Å². The summed E-state index contributed by atoms with van der Waals surface area (Å²) in [5, 5.41) is 2.05. The summed E-state index contributed by atoms with van der Waals surface area (Å²) in [5.74, 6) is -0.476. The number of pyridine rings is 1. The molecule has 0 amide bonds. The van der Waals surface area contributed by atoms with Gasteiger partial charge in [-0.1, -0.05) is 53.5 Å². The van der Waals surface area contributed by atoms with E-state index in [1.807, 2.05) is 66.7 Å². The Morgan fingerprint density at radius 2 is 1.67 bits per heavy atom. The number of nitrogen functional groups attached to an aromatic ring is 1. The zero-order valence-electron chi connectivity index (χ0n) is 15.9. The Labute approximate surface area is 187 Å². The van der Waals surface area contributed by atoms with Gasteiger partial charge in [0.25, 0.3) is 0 Å². The molecule has 4 nitrogen and oxygen atoms in total. The number of nitrogens with zero attached hydrogens (tertiary/aromatic N) is 1. The predicted octanol–water partition coefficient (Wildman–Crippen LogP) is 6.81. The smallest absolute Gasteiger partial charge is 0.350 e. The molecule has 0 atom stereocenters. The largest absolute Gasteiger partial charge is 0.465 e. The Hall–Kier alpha value is -2.86. The summed E-state index contributed by atoms with van der Waals surface area (Å²) in [6.07, 6.45) is 3.87. The van der Waals surface area contributed by atoms with Crippen LogP contribution in [0.4, 0.5) is 5.69 Å². The first-order valence-corrected chi connectivity index (χ1v) is 10.5. The van der Waals surface area contributed by atoms with Gasteiger partial charge in [-0.3, -0.25) is 0 Å². The van der Waals surface area contributed by atoms with Crippen molar-refractivity contribution in [1.29, 1.82) is 0 Å². The second-order valence-electron chi connectivity index (χ2n) is 6.50. The summed E-state index contributed by atoms with van der Waals surface area (Å²) in [7, 11) is 1.33. The number of ether oxygens (including phenoxy) is 1. The molecule has 0 saturated carbocycles. The van der Waals surface area contributed by atoms with E-state index in [0.29, 0.717) is 25.4 Å². The third-order valence-corrected chi connectivity index (χ3v) is 6.14. The molecule has 150 valence electrons. The Morgan fingerprint density at radius 1 is 1.03 bits per heavy atom. The van der Waals surface area contributed by atoms with Crippen LogP contribution in [0.2, 0.25) is 10.0 Å². The van der Waals surface area contributed by atoms with Crippen molar-refractivity contribution in [1.82, 2.24) is 4.98 Å². The average molecular weight is 455 g/mol. The lowest BCUT2D eigenvalue weighted by Crippen LogP contribution is -2.01. The maximum Gasteiger partial charge on any atom is 0.350 e. The molecule has 2 aromatic heterocycles. The molecule has 2 N–H and O–H groups in total. The molecule has 0 spiro atoms. The van der Waals surface area contributed by atoms with Crippen LogP contribution in [0.25, 0.3) is 33.5 Å². The van der Waals surface area contributed by atoms with Crippen LogP contribution in [-0.4, -0.2) is 18.1 Å². The fourth-order valence-electron chi connectivity index (χ4n) is 3.08. The predicted molar refractivity (Wildman–Crippen MR) is 126 cm³/mol. The van der Waals surface area contributed by atoms with Crippen molar-refractivity contribution < 1.29 is 9.53 Å². The van der Waals surface area contributed by atoms with Crippen LogP contribution in [0.5, 0.6) is 0 Å². The number of benzene rings is 2. The van der Waals surface area contributed by atoms with Gasteiger partial charge in [-0.05, 0) is 53.1 Å². The number of methoxy groups -OCH3 is 1. The number of carbonyl (C=O) groups is 1. The zero-order valence-corrected chi connectivity index (χ0v) is 18.2. The molecule has 2 aromatic carbocycles. The highest BCUT2D eigenvalue weighted by molar-refractivity contribution is 7.21. The SMILES string of the molecule is COC(=O)c1sc2nc(/C=C/c3ccc(Cl)cc3)cc(-c3ccc(Cl)cc3)c2c1N. The van der Waals surface area contributed by atoms with Gasteiger partial charge < -0.3 is 10.5 Å². The van der Waals surface area contributed by atoms with Gasteiger partial charge in [0.15, 0.2) is 0 Å². The molecule has 0 radical (unpaired) electrons. The van der Waals surface area contributed by atoms with Crippen LogP contribution in [0.15, 0.2) is 54.6 Å². The molecular formula is C23H16Cl2N2O2S. The monoisotopic (exact) mass is 454 g/mol. The molecule has 0 aliphatic carbocycles. The molecule has 30 heavy (non-hydrogen) atoms. The van der Waals surface area contributed by atoms with Gasteiger partial charge in [-0.25, -0.2) is 9.78 Å². The number of anilines is 1. The van der Waals surface area contributed by atoms with Crippen molar-refractivity contribution in [2.24, 2.45) is 0 Å². The quantitative estimate of drug-likeness (QED) is 0.344.